The molecule has 0 spiro atoms. The minimum atomic E-state index is -0.382. The van der Waals surface area contributed by atoms with Gasteiger partial charge >= 0.3 is 6.03 Å². The van der Waals surface area contributed by atoms with Gasteiger partial charge in [-0.1, -0.05) is 6.92 Å². The van der Waals surface area contributed by atoms with Crippen LogP contribution in [0.3, 0.4) is 0 Å². The number of urea groups is 1. The SMILES string of the molecule is CCc1nc(-c2ccc(NC(=O)Nc3ccc(C(=O)N(C)CCN(C)C)cc3)cc2)nc(N2CCOCC2)n1. The van der Waals surface area contributed by atoms with Crippen molar-refractivity contribution in [2.45, 2.75) is 13.3 Å². The molecule has 1 fully saturated rings. The predicted octanol–water partition coefficient (Wildman–Crippen LogP) is 3.22. The molecule has 0 saturated carbocycles. The highest BCUT2D eigenvalue weighted by atomic mass is 16.5. The van der Waals surface area contributed by atoms with E-state index in [1.165, 1.54) is 0 Å². The number of hydrogen-bond donors (Lipinski definition) is 2. The zero-order valence-electron chi connectivity index (χ0n) is 23.0. The van der Waals surface area contributed by atoms with Gasteiger partial charge in [-0.2, -0.15) is 9.97 Å². The van der Waals surface area contributed by atoms with E-state index in [1.807, 2.05) is 50.2 Å². The molecule has 1 aromatic heterocycles. The summed E-state index contributed by atoms with van der Waals surface area (Å²) in [7, 11) is 5.72. The fraction of sp³-hybridized carbons (Fsp3) is 0.393. The molecule has 1 aliphatic heterocycles. The van der Waals surface area contributed by atoms with E-state index < -0.39 is 0 Å². The minimum Gasteiger partial charge on any atom is -0.378 e. The Labute approximate surface area is 229 Å². The van der Waals surface area contributed by atoms with E-state index in [4.69, 9.17) is 4.74 Å². The number of morpholine rings is 1. The molecule has 11 nitrogen and oxygen atoms in total. The lowest BCUT2D eigenvalue weighted by Crippen LogP contribution is -2.37. The smallest absolute Gasteiger partial charge is 0.323 e. The van der Waals surface area contributed by atoms with Crippen molar-refractivity contribution in [3.8, 4) is 11.4 Å². The Morgan fingerprint density at radius 3 is 2.08 bits per heavy atom. The van der Waals surface area contributed by atoms with Gasteiger partial charge in [0, 0.05) is 62.1 Å². The van der Waals surface area contributed by atoms with Crippen LogP contribution in [0.25, 0.3) is 11.4 Å². The Bertz CT molecular complexity index is 1260. The van der Waals surface area contributed by atoms with Gasteiger partial charge in [0.05, 0.1) is 13.2 Å². The second-order valence-corrected chi connectivity index (χ2v) is 9.59. The third kappa shape index (κ3) is 7.71. The zero-order valence-corrected chi connectivity index (χ0v) is 23.0. The first-order valence-electron chi connectivity index (χ1n) is 13.1. The number of carbonyl (C=O) groups excluding carboxylic acids is 2. The Morgan fingerprint density at radius 1 is 0.872 bits per heavy atom. The maximum Gasteiger partial charge on any atom is 0.323 e. The lowest BCUT2D eigenvalue weighted by atomic mass is 10.2. The summed E-state index contributed by atoms with van der Waals surface area (Å²) in [6.07, 6.45) is 0.703. The molecule has 39 heavy (non-hydrogen) atoms. The largest absolute Gasteiger partial charge is 0.378 e. The number of anilines is 3. The normalized spacial score (nSPS) is 13.3. The molecule has 0 unspecified atom stereocenters. The second-order valence-electron chi connectivity index (χ2n) is 9.59. The van der Waals surface area contributed by atoms with Crippen LogP contribution >= 0.6 is 0 Å². The maximum absolute atomic E-state index is 12.6. The molecular weight excluding hydrogens is 496 g/mol. The number of nitrogens with zero attached hydrogens (tertiary/aromatic N) is 6. The molecule has 0 bridgehead atoms. The molecule has 11 heteroatoms. The molecule has 3 amide bonds. The summed E-state index contributed by atoms with van der Waals surface area (Å²) < 4.78 is 5.44. The summed E-state index contributed by atoms with van der Waals surface area (Å²) in [5.74, 6) is 1.93. The number of aromatic nitrogens is 3. The van der Waals surface area contributed by atoms with Gasteiger partial charge in [-0.05, 0) is 62.6 Å². The number of ether oxygens (including phenoxy) is 1. The minimum absolute atomic E-state index is 0.0609. The van der Waals surface area contributed by atoms with E-state index in [2.05, 4.69) is 30.5 Å². The third-order valence-corrected chi connectivity index (χ3v) is 6.30. The first-order valence-corrected chi connectivity index (χ1v) is 13.1. The Balaban J connectivity index is 1.36. The number of nitrogens with one attached hydrogen (secondary N) is 2. The Kier molecular flexibility index (Phi) is 9.40. The summed E-state index contributed by atoms with van der Waals surface area (Å²) in [4.78, 5) is 44.9. The summed E-state index contributed by atoms with van der Waals surface area (Å²) >= 11 is 0. The van der Waals surface area contributed by atoms with Crippen LogP contribution in [0.2, 0.25) is 0 Å². The van der Waals surface area contributed by atoms with Crippen LogP contribution in [0.15, 0.2) is 48.5 Å². The van der Waals surface area contributed by atoms with E-state index in [-0.39, 0.29) is 11.9 Å². The molecule has 206 valence electrons. The highest BCUT2D eigenvalue weighted by Crippen LogP contribution is 2.21. The van der Waals surface area contributed by atoms with Crippen LogP contribution in [-0.4, -0.2) is 97.2 Å². The van der Waals surface area contributed by atoms with Gasteiger partial charge in [-0.3, -0.25) is 4.79 Å². The number of amides is 3. The number of aryl methyl sites for hydroxylation is 1. The van der Waals surface area contributed by atoms with Gasteiger partial charge in [-0.25, -0.2) is 9.78 Å². The predicted molar refractivity (Wildman–Crippen MR) is 152 cm³/mol. The van der Waals surface area contributed by atoms with Crippen LogP contribution in [0, 0.1) is 0 Å². The van der Waals surface area contributed by atoms with E-state index >= 15 is 0 Å². The van der Waals surface area contributed by atoms with Crippen LogP contribution in [-0.2, 0) is 11.2 Å². The molecule has 3 aromatic rings. The topological polar surface area (TPSA) is 116 Å². The first-order chi connectivity index (χ1) is 18.8. The first kappa shape index (κ1) is 27.9. The molecule has 0 atom stereocenters. The number of benzene rings is 2. The van der Waals surface area contributed by atoms with E-state index in [0.717, 1.165) is 31.0 Å². The fourth-order valence-corrected chi connectivity index (χ4v) is 3.96. The summed E-state index contributed by atoms with van der Waals surface area (Å²) in [5.41, 5.74) is 2.62. The Hall–Kier alpha value is -4.09. The van der Waals surface area contributed by atoms with Crippen molar-refractivity contribution < 1.29 is 14.3 Å². The van der Waals surface area contributed by atoms with Crippen molar-refractivity contribution >= 4 is 29.3 Å². The molecule has 1 aliphatic rings. The molecule has 0 radical (unpaired) electrons. The number of rotatable bonds is 9. The van der Waals surface area contributed by atoms with Crippen molar-refractivity contribution in [2.75, 3.05) is 76.1 Å². The summed E-state index contributed by atoms with van der Waals surface area (Å²) in [5, 5.41) is 5.63. The molecule has 2 heterocycles. The van der Waals surface area contributed by atoms with Gasteiger partial charge < -0.3 is 30.1 Å². The second kappa shape index (κ2) is 13.1. The van der Waals surface area contributed by atoms with Crippen molar-refractivity contribution in [3.63, 3.8) is 0 Å². The lowest BCUT2D eigenvalue weighted by molar-refractivity contribution is 0.0786. The standard InChI is InChI=1S/C28H36N8O3/c1-5-24-31-25(33-27(32-24)36-16-18-39-19-17-36)20-6-10-22(11-7-20)29-28(38)30-23-12-8-21(9-13-23)26(37)35(4)15-14-34(2)3/h6-13H,5,14-19H2,1-4H3,(H2,29,30,38). The van der Waals surface area contributed by atoms with Crippen LogP contribution in [0.1, 0.15) is 23.1 Å². The summed E-state index contributed by atoms with van der Waals surface area (Å²) in [6.45, 7) is 6.24. The van der Waals surface area contributed by atoms with Gasteiger partial charge in [0.2, 0.25) is 5.95 Å². The molecule has 1 saturated heterocycles. The number of carbonyl (C=O) groups is 2. The fourth-order valence-electron chi connectivity index (χ4n) is 3.96. The van der Waals surface area contributed by atoms with Gasteiger partial charge in [0.1, 0.15) is 5.82 Å². The van der Waals surface area contributed by atoms with Gasteiger partial charge in [0.15, 0.2) is 5.82 Å². The average molecular weight is 533 g/mol. The van der Waals surface area contributed by atoms with Crippen LogP contribution < -0.4 is 15.5 Å². The van der Waals surface area contributed by atoms with E-state index in [0.29, 0.717) is 54.9 Å². The number of likely N-dealkylation sites (N-methyl/N-ethyl adjacent to an activating group) is 2. The molecular formula is C28H36N8O3. The summed E-state index contributed by atoms with van der Waals surface area (Å²) in [6, 6.07) is 13.8. The molecule has 2 aromatic carbocycles. The average Bonchev–Trinajstić information content (AvgIpc) is 2.96. The van der Waals surface area contributed by atoms with E-state index in [1.54, 1.807) is 36.2 Å². The van der Waals surface area contributed by atoms with Gasteiger partial charge in [-0.15, -0.1) is 0 Å². The monoisotopic (exact) mass is 532 g/mol. The highest BCUT2D eigenvalue weighted by Gasteiger charge is 2.17. The highest BCUT2D eigenvalue weighted by molar-refractivity contribution is 6.00. The van der Waals surface area contributed by atoms with Crippen molar-refractivity contribution in [1.29, 1.82) is 0 Å². The Morgan fingerprint density at radius 2 is 1.49 bits per heavy atom. The number of hydrogen-bond acceptors (Lipinski definition) is 8. The van der Waals surface area contributed by atoms with Crippen molar-refractivity contribution in [2.24, 2.45) is 0 Å². The molecule has 4 rings (SSSR count). The zero-order chi connectivity index (χ0) is 27.8. The quantitative estimate of drug-likeness (QED) is 0.432. The van der Waals surface area contributed by atoms with Crippen molar-refractivity contribution in [1.82, 2.24) is 24.8 Å². The molecule has 2 N–H and O–H groups in total. The van der Waals surface area contributed by atoms with Crippen LogP contribution in [0.5, 0.6) is 0 Å². The molecule has 0 aliphatic carbocycles. The van der Waals surface area contributed by atoms with E-state index in [9.17, 15) is 9.59 Å². The maximum atomic E-state index is 12.6. The van der Waals surface area contributed by atoms with Gasteiger partial charge in [0.25, 0.3) is 5.91 Å². The third-order valence-electron chi connectivity index (χ3n) is 6.30. The lowest BCUT2D eigenvalue weighted by Gasteiger charge is -2.27. The van der Waals surface area contributed by atoms with Crippen LogP contribution in [0.4, 0.5) is 22.1 Å². The van der Waals surface area contributed by atoms with Crippen molar-refractivity contribution in [3.05, 3.63) is 59.9 Å².